The quantitative estimate of drug-likeness (QED) is 0.538. The van der Waals surface area contributed by atoms with Crippen molar-refractivity contribution in [2.75, 3.05) is 6.61 Å². The topological polar surface area (TPSA) is 55.1 Å². The molecule has 62 valence electrons. The van der Waals surface area contributed by atoms with Crippen LogP contribution >= 0.6 is 0 Å². The lowest BCUT2D eigenvalue weighted by Gasteiger charge is -1.93. The molecule has 0 atom stereocenters. The van der Waals surface area contributed by atoms with Gasteiger partial charge in [-0.15, -0.1) is 4.68 Å². The van der Waals surface area contributed by atoms with Crippen LogP contribution in [0.4, 0.5) is 0 Å². The van der Waals surface area contributed by atoms with E-state index in [2.05, 4.69) is 0 Å². The van der Waals surface area contributed by atoms with E-state index in [1.54, 1.807) is 0 Å². The minimum atomic E-state index is 0.159. The smallest absolute Gasteiger partial charge is 0.199 e. The summed E-state index contributed by atoms with van der Waals surface area (Å²) in [7, 11) is 1.93. The van der Waals surface area contributed by atoms with Gasteiger partial charge in [0, 0.05) is 6.54 Å². The van der Waals surface area contributed by atoms with Crippen LogP contribution in [-0.2, 0) is 20.1 Å². The van der Waals surface area contributed by atoms with Crippen LogP contribution in [0.5, 0.6) is 0 Å². The summed E-state index contributed by atoms with van der Waals surface area (Å²) in [5.41, 5.74) is 6.52. The van der Waals surface area contributed by atoms with E-state index in [1.807, 2.05) is 28.8 Å². The van der Waals surface area contributed by atoms with Crippen molar-refractivity contribution in [2.24, 2.45) is 12.8 Å². The first kappa shape index (κ1) is 8.23. The van der Waals surface area contributed by atoms with Crippen LogP contribution < -0.4 is 10.4 Å². The highest BCUT2D eigenvalue weighted by molar-refractivity contribution is 4.98. The minimum absolute atomic E-state index is 0.159. The average Bonchev–Trinajstić information content (AvgIpc) is 2.33. The van der Waals surface area contributed by atoms with Gasteiger partial charge in [-0.1, -0.05) is 0 Å². The number of aliphatic hydroxyl groups excluding tert-OH is 1. The number of hydrogen-bond donors (Lipinski definition) is 2. The predicted octanol–water partition coefficient (Wildman–Crippen LogP) is -1.24. The standard InChI is InChI=1S/C7H14N3O/c1-9-5-7(4-8)6-10(9)2-3-11/h5-6,11H,2-4,8H2,1H3/q+1. The molecule has 0 aliphatic carbocycles. The molecular weight excluding hydrogens is 142 g/mol. The molecule has 0 amide bonds. The lowest BCUT2D eigenvalue weighted by Crippen LogP contribution is -2.38. The fourth-order valence-corrected chi connectivity index (χ4v) is 1.06. The summed E-state index contributed by atoms with van der Waals surface area (Å²) in [6.45, 7) is 1.33. The van der Waals surface area contributed by atoms with Gasteiger partial charge in [0.1, 0.15) is 6.54 Å². The molecule has 1 aromatic heterocycles. The van der Waals surface area contributed by atoms with E-state index in [-0.39, 0.29) is 6.61 Å². The Balaban J connectivity index is 2.79. The van der Waals surface area contributed by atoms with E-state index in [0.717, 1.165) is 5.56 Å². The Morgan fingerprint density at radius 3 is 2.91 bits per heavy atom. The zero-order chi connectivity index (χ0) is 8.27. The van der Waals surface area contributed by atoms with E-state index in [0.29, 0.717) is 13.1 Å². The summed E-state index contributed by atoms with van der Waals surface area (Å²) in [6, 6.07) is 0. The first-order valence-corrected chi connectivity index (χ1v) is 3.64. The van der Waals surface area contributed by atoms with Gasteiger partial charge in [-0.2, -0.15) is 4.68 Å². The second-order valence-corrected chi connectivity index (χ2v) is 2.50. The van der Waals surface area contributed by atoms with Crippen molar-refractivity contribution in [1.29, 1.82) is 0 Å². The van der Waals surface area contributed by atoms with Gasteiger partial charge in [-0.25, -0.2) is 0 Å². The maximum Gasteiger partial charge on any atom is 0.199 e. The van der Waals surface area contributed by atoms with Crippen molar-refractivity contribution in [3.63, 3.8) is 0 Å². The highest BCUT2D eigenvalue weighted by Gasteiger charge is 2.05. The Hall–Kier alpha value is -0.870. The Morgan fingerprint density at radius 2 is 2.45 bits per heavy atom. The van der Waals surface area contributed by atoms with Gasteiger partial charge in [-0.05, 0) is 0 Å². The van der Waals surface area contributed by atoms with Gasteiger partial charge in [0.2, 0.25) is 0 Å². The molecule has 0 spiro atoms. The molecule has 0 bridgehead atoms. The van der Waals surface area contributed by atoms with Gasteiger partial charge >= 0.3 is 0 Å². The lowest BCUT2D eigenvalue weighted by molar-refractivity contribution is -0.753. The van der Waals surface area contributed by atoms with Crippen LogP contribution in [0.25, 0.3) is 0 Å². The van der Waals surface area contributed by atoms with E-state index >= 15 is 0 Å². The van der Waals surface area contributed by atoms with Crippen molar-refractivity contribution in [3.8, 4) is 0 Å². The zero-order valence-electron chi connectivity index (χ0n) is 6.70. The van der Waals surface area contributed by atoms with E-state index in [9.17, 15) is 0 Å². The van der Waals surface area contributed by atoms with Crippen molar-refractivity contribution in [1.82, 2.24) is 4.68 Å². The summed E-state index contributed by atoms with van der Waals surface area (Å²) >= 11 is 0. The third kappa shape index (κ3) is 1.78. The number of aromatic nitrogens is 2. The number of hydrogen-bond acceptors (Lipinski definition) is 2. The van der Waals surface area contributed by atoms with E-state index < -0.39 is 0 Å². The lowest BCUT2D eigenvalue weighted by atomic mass is 10.4. The highest BCUT2D eigenvalue weighted by atomic mass is 16.3. The van der Waals surface area contributed by atoms with Crippen LogP contribution in [0.3, 0.4) is 0 Å². The average molecular weight is 156 g/mol. The molecule has 1 rings (SSSR count). The third-order valence-corrected chi connectivity index (χ3v) is 1.64. The summed E-state index contributed by atoms with van der Waals surface area (Å²) in [5.74, 6) is 0. The molecule has 3 N–H and O–H groups in total. The molecular formula is C7H14N3O+. The Morgan fingerprint density at radius 1 is 1.73 bits per heavy atom. The Bertz CT molecular complexity index is 232. The van der Waals surface area contributed by atoms with Gasteiger partial charge in [0.05, 0.1) is 18.4 Å². The van der Waals surface area contributed by atoms with E-state index in [1.165, 1.54) is 0 Å². The molecule has 0 saturated carbocycles. The summed E-state index contributed by atoms with van der Waals surface area (Å²) in [6.07, 6.45) is 3.89. The predicted molar refractivity (Wildman–Crippen MR) is 40.6 cm³/mol. The monoisotopic (exact) mass is 156 g/mol. The third-order valence-electron chi connectivity index (χ3n) is 1.64. The molecule has 0 saturated heterocycles. The molecule has 0 fully saturated rings. The fourth-order valence-electron chi connectivity index (χ4n) is 1.06. The first-order chi connectivity index (χ1) is 5.27. The number of nitrogens with zero attached hydrogens (tertiary/aromatic N) is 2. The molecule has 4 heteroatoms. The first-order valence-electron chi connectivity index (χ1n) is 3.64. The molecule has 0 aliphatic heterocycles. The van der Waals surface area contributed by atoms with Crippen LogP contribution in [0.1, 0.15) is 5.56 Å². The van der Waals surface area contributed by atoms with Crippen molar-refractivity contribution < 1.29 is 9.79 Å². The highest BCUT2D eigenvalue weighted by Crippen LogP contribution is 1.92. The minimum Gasteiger partial charge on any atom is -0.394 e. The molecule has 0 aliphatic rings. The normalized spacial score (nSPS) is 10.5. The van der Waals surface area contributed by atoms with Crippen molar-refractivity contribution in [2.45, 2.75) is 13.1 Å². The van der Waals surface area contributed by atoms with Crippen LogP contribution in [-0.4, -0.2) is 16.4 Å². The molecule has 0 radical (unpaired) electrons. The second kappa shape index (κ2) is 3.50. The number of aliphatic hydroxyl groups is 1. The van der Waals surface area contributed by atoms with Gasteiger partial charge in [0.25, 0.3) is 0 Å². The SMILES string of the molecule is C[n+]1cc(CN)cn1CCO. The van der Waals surface area contributed by atoms with E-state index in [4.69, 9.17) is 10.8 Å². The summed E-state index contributed by atoms with van der Waals surface area (Å²) in [4.78, 5) is 0. The molecule has 4 nitrogen and oxygen atoms in total. The number of rotatable bonds is 3. The largest absolute Gasteiger partial charge is 0.394 e. The van der Waals surface area contributed by atoms with Crippen molar-refractivity contribution >= 4 is 0 Å². The second-order valence-electron chi connectivity index (χ2n) is 2.50. The number of nitrogens with two attached hydrogens (primary N) is 1. The van der Waals surface area contributed by atoms with Gasteiger partial charge in [-0.3, -0.25) is 0 Å². The molecule has 1 aromatic rings. The van der Waals surface area contributed by atoms with Crippen LogP contribution in [0.2, 0.25) is 0 Å². The fraction of sp³-hybridized carbons (Fsp3) is 0.571. The van der Waals surface area contributed by atoms with Gasteiger partial charge in [0.15, 0.2) is 13.2 Å². The molecule has 0 aromatic carbocycles. The molecule has 0 unspecified atom stereocenters. The van der Waals surface area contributed by atoms with Crippen LogP contribution in [0.15, 0.2) is 12.4 Å². The molecule has 1 heterocycles. The zero-order valence-corrected chi connectivity index (χ0v) is 6.70. The van der Waals surface area contributed by atoms with Crippen LogP contribution in [0, 0.1) is 0 Å². The number of aryl methyl sites for hydroxylation is 1. The maximum atomic E-state index is 8.66. The summed E-state index contributed by atoms with van der Waals surface area (Å²) in [5, 5.41) is 8.66. The molecule has 11 heavy (non-hydrogen) atoms. The maximum absolute atomic E-state index is 8.66. The van der Waals surface area contributed by atoms with Gasteiger partial charge < -0.3 is 10.8 Å². The Kier molecular flexibility index (Phi) is 2.62. The Labute approximate surface area is 65.8 Å². The summed E-state index contributed by atoms with van der Waals surface area (Å²) < 4.78 is 3.83. The van der Waals surface area contributed by atoms with Crippen molar-refractivity contribution in [3.05, 3.63) is 18.0 Å².